The zero-order valence-corrected chi connectivity index (χ0v) is 21.2. The summed E-state index contributed by atoms with van der Waals surface area (Å²) in [4.78, 5) is 25.3. The Kier molecular flexibility index (Phi) is 7.63. The summed E-state index contributed by atoms with van der Waals surface area (Å²) in [5, 5.41) is 12.8. The summed E-state index contributed by atoms with van der Waals surface area (Å²) in [5.74, 6) is 1.07. The number of amides is 1. The standard InChI is InChI=1S/C26H29N5O2S2/c32-24(27-20-11-5-2-6-12-20)18-34-25-29-28-23(30(25)16-15-19-9-3-1-4-10-19)17-31-21-13-7-8-14-22(21)35-26(31)33/h1,3-4,7-10,13-14,20H,2,5-6,11-12,15-18H2,(H,27,32). The monoisotopic (exact) mass is 507 g/mol. The van der Waals surface area contributed by atoms with Gasteiger partial charge < -0.3 is 9.88 Å². The fourth-order valence-electron chi connectivity index (χ4n) is 4.60. The van der Waals surface area contributed by atoms with Gasteiger partial charge >= 0.3 is 4.87 Å². The lowest BCUT2D eigenvalue weighted by Gasteiger charge is -2.22. The van der Waals surface area contributed by atoms with Crippen LogP contribution in [0.5, 0.6) is 0 Å². The zero-order valence-electron chi connectivity index (χ0n) is 19.6. The third kappa shape index (κ3) is 5.85. The van der Waals surface area contributed by atoms with Crippen molar-refractivity contribution in [3.8, 4) is 0 Å². The van der Waals surface area contributed by atoms with Crippen molar-refractivity contribution in [3.63, 3.8) is 0 Å². The van der Waals surface area contributed by atoms with Crippen molar-refractivity contribution < 1.29 is 4.79 Å². The highest BCUT2D eigenvalue weighted by molar-refractivity contribution is 7.99. The fraction of sp³-hybridized carbons (Fsp3) is 0.385. The molecule has 4 aromatic rings. The lowest BCUT2D eigenvalue weighted by molar-refractivity contribution is -0.119. The molecule has 0 saturated heterocycles. The van der Waals surface area contributed by atoms with Gasteiger partial charge in [-0.15, -0.1) is 10.2 Å². The second kappa shape index (κ2) is 11.2. The number of carbonyl (C=O) groups is 1. The van der Waals surface area contributed by atoms with E-state index in [-0.39, 0.29) is 10.8 Å². The minimum absolute atomic E-state index is 0.00938. The molecule has 0 radical (unpaired) electrons. The quantitative estimate of drug-likeness (QED) is 0.338. The molecule has 0 spiro atoms. The number of para-hydroxylation sites is 1. The van der Waals surface area contributed by atoms with E-state index in [0.29, 0.717) is 30.0 Å². The maximum atomic E-state index is 12.7. The Bertz CT molecular complexity index is 1340. The summed E-state index contributed by atoms with van der Waals surface area (Å²) >= 11 is 2.66. The first-order valence-corrected chi connectivity index (χ1v) is 13.9. The molecule has 35 heavy (non-hydrogen) atoms. The second-order valence-electron chi connectivity index (χ2n) is 8.90. The lowest BCUT2D eigenvalue weighted by atomic mass is 9.95. The molecule has 182 valence electrons. The molecule has 2 aromatic carbocycles. The van der Waals surface area contributed by atoms with E-state index in [4.69, 9.17) is 0 Å². The van der Waals surface area contributed by atoms with Gasteiger partial charge in [0.2, 0.25) is 5.91 Å². The first-order valence-electron chi connectivity index (χ1n) is 12.1. The molecular formula is C26H29N5O2S2. The molecule has 9 heteroatoms. The molecule has 0 bridgehead atoms. The normalized spacial score (nSPS) is 14.4. The van der Waals surface area contributed by atoms with E-state index < -0.39 is 0 Å². The van der Waals surface area contributed by atoms with E-state index in [1.54, 1.807) is 4.57 Å². The molecule has 1 aliphatic carbocycles. The van der Waals surface area contributed by atoms with Crippen LogP contribution in [0, 0.1) is 0 Å². The van der Waals surface area contributed by atoms with Crippen LogP contribution < -0.4 is 10.2 Å². The van der Waals surface area contributed by atoms with Gasteiger partial charge in [-0.25, -0.2) is 0 Å². The minimum atomic E-state index is -0.00938. The van der Waals surface area contributed by atoms with Gasteiger partial charge in [-0.05, 0) is 37.0 Å². The van der Waals surface area contributed by atoms with Crippen molar-refractivity contribution >= 4 is 39.2 Å². The van der Waals surface area contributed by atoms with Crippen LogP contribution in [-0.2, 0) is 24.3 Å². The molecule has 1 saturated carbocycles. The largest absolute Gasteiger partial charge is 0.353 e. The number of fused-ring (bicyclic) bond motifs is 1. The van der Waals surface area contributed by atoms with Crippen LogP contribution >= 0.6 is 23.1 Å². The third-order valence-electron chi connectivity index (χ3n) is 6.44. The van der Waals surface area contributed by atoms with Crippen LogP contribution in [-0.4, -0.2) is 37.0 Å². The van der Waals surface area contributed by atoms with Gasteiger partial charge in [0.1, 0.15) is 0 Å². The Morgan fingerprint density at radius 1 is 1.00 bits per heavy atom. The van der Waals surface area contributed by atoms with Gasteiger partial charge in [-0.3, -0.25) is 14.2 Å². The van der Waals surface area contributed by atoms with E-state index in [2.05, 4.69) is 32.2 Å². The smallest absolute Gasteiger partial charge is 0.308 e. The van der Waals surface area contributed by atoms with Gasteiger partial charge in [-0.2, -0.15) is 0 Å². The summed E-state index contributed by atoms with van der Waals surface area (Å²) in [6, 6.07) is 18.4. The molecule has 1 N–H and O–H groups in total. The zero-order chi connectivity index (χ0) is 24.0. The molecule has 0 atom stereocenters. The van der Waals surface area contributed by atoms with Crippen molar-refractivity contribution in [2.75, 3.05) is 5.75 Å². The van der Waals surface area contributed by atoms with Crippen molar-refractivity contribution in [3.05, 3.63) is 75.7 Å². The van der Waals surface area contributed by atoms with Crippen molar-refractivity contribution in [2.45, 2.75) is 62.8 Å². The van der Waals surface area contributed by atoms with Crippen molar-refractivity contribution in [1.82, 2.24) is 24.6 Å². The van der Waals surface area contributed by atoms with Crippen molar-refractivity contribution in [2.24, 2.45) is 0 Å². The predicted molar refractivity (Wildman–Crippen MR) is 141 cm³/mol. The maximum absolute atomic E-state index is 12.7. The average molecular weight is 508 g/mol. The first-order chi connectivity index (χ1) is 17.2. The summed E-state index contributed by atoms with van der Waals surface area (Å²) in [7, 11) is 0. The summed E-state index contributed by atoms with van der Waals surface area (Å²) in [6.07, 6.45) is 6.58. The minimum Gasteiger partial charge on any atom is -0.353 e. The van der Waals surface area contributed by atoms with Gasteiger partial charge in [0, 0.05) is 12.6 Å². The molecule has 2 aromatic heterocycles. The van der Waals surface area contributed by atoms with Crippen LogP contribution in [0.4, 0.5) is 0 Å². The number of hydrogen-bond acceptors (Lipinski definition) is 6. The number of aromatic nitrogens is 4. The Morgan fingerprint density at radius 3 is 2.60 bits per heavy atom. The van der Waals surface area contributed by atoms with E-state index in [1.165, 1.54) is 47.9 Å². The van der Waals surface area contributed by atoms with Gasteiger partial charge in [0.05, 0.1) is 22.5 Å². The van der Waals surface area contributed by atoms with Crippen LogP contribution in [0.1, 0.15) is 43.5 Å². The number of nitrogens with zero attached hydrogens (tertiary/aromatic N) is 4. The Balaban J connectivity index is 1.34. The lowest BCUT2D eigenvalue weighted by Crippen LogP contribution is -2.37. The van der Waals surface area contributed by atoms with Crippen LogP contribution in [0.25, 0.3) is 10.2 Å². The SMILES string of the molecule is O=C(CSc1nnc(Cn2c(=O)sc3ccccc32)n1CCc1ccccc1)NC1CCCCC1. The Labute approximate surface area is 212 Å². The summed E-state index contributed by atoms with van der Waals surface area (Å²) in [6.45, 7) is 1.02. The molecule has 1 amide bonds. The number of hydrogen-bond donors (Lipinski definition) is 1. The Hall–Kier alpha value is -2.91. The topological polar surface area (TPSA) is 81.8 Å². The molecular weight excluding hydrogens is 478 g/mol. The van der Waals surface area contributed by atoms with E-state index in [1.807, 2.05) is 42.5 Å². The van der Waals surface area contributed by atoms with E-state index >= 15 is 0 Å². The number of aryl methyl sites for hydroxylation is 1. The third-order valence-corrected chi connectivity index (χ3v) is 8.36. The molecule has 0 aliphatic heterocycles. The molecule has 1 aliphatic rings. The van der Waals surface area contributed by atoms with E-state index in [0.717, 1.165) is 35.3 Å². The highest BCUT2D eigenvalue weighted by Gasteiger charge is 2.19. The first kappa shape index (κ1) is 23.8. The molecule has 2 heterocycles. The van der Waals surface area contributed by atoms with Crippen LogP contribution in [0.3, 0.4) is 0 Å². The van der Waals surface area contributed by atoms with Crippen LogP contribution in [0.2, 0.25) is 0 Å². The predicted octanol–water partition coefficient (Wildman–Crippen LogP) is 4.49. The second-order valence-corrected chi connectivity index (χ2v) is 10.8. The highest BCUT2D eigenvalue weighted by atomic mass is 32.2. The Morgan fingerprint density at radius 2 is 1.77 bits per heavy atom. The van der Waals surface area contributed by atoms with Gasteiger partial charge in [-0.1, -0.05) is 84.8 Å². The summed E-state index contributed by atoms with van der Waals surface area (Å²) < 4.78 is 4.78. The van der Waals surface area contributed by atoms with Crippen molar-refractivity contribution in [1.29, 1.82) is 0 Å². The highest BCUT2D eigenvalue weighted by Crippen LogP contribution is 2.22. The maximum Gasteiger partial charge on any atom is 0.308 e. The summed E-state index contributed by atoms with van der Waals surface area (Å²) in [5.41, 5.74) is 2.12. The molecule has 7 nitrogen and oxygen atoms in total. The molecule has 1 fully saturated rings. The number of thioether (sulfide) groups is 1. The van der Waals surface area contributed by atoms with Crippen LogP contribution in [0.15, 0.2) is 64.5 Å². The number of carbonyl (C=O) groups excluding carboxylic acids is 1. The molecule has 0 unspecified atom stereocenters. The fourth-order valence-corrected chi connectivity index (χ4v) is 6.29. The number of thiazole rings is 1. The van der Waals surface area contributed by atoms with Gasteiger partial charge in [0.15, 0.2) is 11.0 Å². The molecule has 5 rings (SSSR count). The average Bonchev–Trinajstić information content (AvgIpc) is 3.42. The number of benzene rings is 2. The number of rotatable bonds is 9. The van der Waals surface area contributed by atoms with Gasteiger partial charge in [0.25, 0.3) is 0 Å². The number of nitrogens with one attached hydrogen (secondary N) is 1. The van der Waals surface area contributed by atoms with E-state index in [9.17, 15) is 9.59 Å².